The third kappa shape index (κ3) is 4.62. The largest absolute Gasteiger partial charge is 0.455 e. The van der Waals surface area contributed by atoms with E-state index < -0.39 is 17.5 Å². The number of hydrogen-bond acceptors (Lipinski definition) is 5. The van der Waals surface area contributed by atoms with E-state index >= 15 is 0 Å². The highest BCUT2D eigenvalue weighted by Crippen LogP contribution is 2.18. The van der Waals surface area contributed by atoms with Crippen molar-refractivity contribution in [3.05, 3.63) is 71.8 Å². The number of pyridine rings is 1. The van der Waals surface area contributed by atoms with Crippen molar-refractivity contribution in [1.29, 1.82) is 0 Å². The van der Waals surface area contributed by atoms with Gasteiger partial charge >= 0.3 is 5.97 Å². The standard InChI is InChI=1S/C21H22N4O3/c1-14-10-15(13-22-12-14)23-19(26)17-11-18(20(27)28-21(2,3)4)25(24-17)16-8-6-5-7-9-16/h5-13H,1-4H3,(H,23,26). The summed E-state index contributed by atoms with van der Waals surface area (Å²) >= 11 is 0. The van der Waals surface area contributed by atoms with E-state index in [0.29, 0.717) is 11.4 Å². The minimum absolute atomic E-state index is 0.103. The van der Waals surface area contributed by atoms with Gasteiger partial charge in [-0.2, -0.15) is 5.10 Å². The zero-order chi connectivity index (χ0) is 20.3. The maximum absolute atomic E-state index is 12.7. The van der Waals surface area contributed by atoms with Crippen LogP contribution in [0.4, 0.5) is 5.69 Å². The van der Waals surface area contributed by atoms with Crippen LogP contribution in [-0.2, 0) is 4.74 Å². The number of aromatic nitrogens is 3. The third-order valence-electron chi connectivity index (χ3n) is 3.68. The summed E-state index contributed by atoms with van der Waals surface area (Å²) in [5.74, 6) is -0.994. The van der Waals surface area contributed by atoms with Gasteiger partial charge in [-0.25, -0.2) is 9.48 Å². The summed E-state index contributed by atoms with van der Waals surface area (Å²) in [6.45, 7) is 7.23. The van der Waals surface area contributed by atoms with Crippen molar-refractivity contribution in [1.82, 2.24) is 14.8 Å². The van der Waals surface area contributed by atoms with Crippen LogP contribution in [0.25, 0.3) is 5.69 Å². The number of ether oxygens (including phenoxy) is 1. The molecule has 0 saturated heterocycles. The van der Waals surface area contributed by atoms with Crippen molar-refractivity contribution in [2.75, 3.05) is 5.32 Å². The van der Waals surface area contributed by atoms with Gasteiger partial charge in [0.15, 0.2) is 11.4 Å². The van der Waals surface area contributed by atoms with Crippen molar-refractivity contribution < 1.29 is 14.3 Å². The summed E-state index contributed by atoms with van der Waals surface area (Å²) in [6, 6.07) is 12.3. The monoisotopic (exact) mass is 378 g/mol. The van der Waals surface area contributed by atoms with E-state index in [0.717, 1.165) is 5.56 Å². The van der Waals surface area contributed by atoms with Gasteiger partial charge in [-0.05, 0) is 51.5 Å². The molecule has 7 nitrogen and oxygen atoms in total. The Kier molecular flexibility index (Phi) is 5.26. The molecule has 3 aromatic rings. The predicted octanol–water partition coefficient (Wildman–Crippen LogP) is 3.78. The highest BCUT2D eigenvalue weighted by molar-refractivity contribution is 6.04. The average Bonchev–Trinajstić information content (AvgIpc) is 3.07. The number of benzene rings is 1. The van der Waals surface area contributed by atoms with Crippen molar-refractivity contribution in [3.63, 3.8) is 0 Å². The number of carbonyl (C=O) groups excluding carboxylic acids is 2. The van der Waals surface area contributed by atoms with Gasteiger partial charge < -0.3 is 10.1 Å². The number of nitrogens with zero attached hydrogens (tertiary/aromatic N) is 3. The molecule has 1 aromatic carbocycles. The molecule has 2 aromatic heterocycles. The summed E-state index contributed by atoms with van der Waals surface area (Å²) < 4.78 is 6.89. The van der Waals surface area contributed by atoms with Crippen LogP contribution in [0.5, 0.6) is 0 Å². The molecule has 1 amide bonds. The molecule has 7 heteroatoms. The average molecular weight is 378 g/mol. The van der Waals surface area contributed by atoms with E-state index in [1.165, 1.54) is 10.7 Å². The Morgan fingerprint density at radius 1 is 1.07 bits per heavy atom. The molecule has 0 aliphatic heterocycles. The number of nitrogens with one attached hydrogen (secondary N) is 1. The van der Waals surface area contributed by atoms with E-state index in [2.05, 4.69) is 15.4 Å². The molecular formula is C21H22N4O3. The van der Waals surface area contributed by atoms with Crippen LogP contribution in [0.1, 0.15) is 47.3 Å². The first-order valence-corrected chi connectivity index (χ1v) is 8.85. The van der Waals surface area contributed by atoms with Crippen molar-refractivity contribution in [2.24, 2.45) is 0 Å². The van der Waals surface area contributed by atoms with E-state index in [-0.39, 0.29) is 11.4 Å². The molecule has 0 spiro atoms. The molecule has 1 N–H and O–H groups in total. The molecular weight excluding hydrogens is 356 g/mol. The maximum Gasteiger partial charge on any atom is 0.357 e. The van der Waals surface area contributed by atoms with E-state index in [9.17, 15) is 9.59 Å². The highest BCUT2D eigenvalue weighted by Gasteiger charge is 2.25. The smallest absolute Gasteiger partial charge is 0.357 e. The minimum Gasteiger partial charge on any atom is -0.455 e. The lowest BCUT2D eigenvalue weighted by Gasteiger charge is -2.19. The Labute approximate surface area is 163 Å². The molecule has 0 saturated carbocycles. The number of rotatable bonds is 4. The van der Waals surface area contributed by atoms with E-state index in [4.69, 9.17) is 4.74 Å². The molecule has 0 aliphatic carbocycles. The van der Waals surface area contributed by atoms with Gasteiger partial charge in [0.25, 0.3) is 5.91 Å². The number of carbonyl (C=O) groups is 2. The van der Waals surface area contributed by atoms with Gasteiger partial charge in [0.2, 0.25) is 0 Å². The molecule has 0 aliphatic rings. The van der Waals surface area contributed by atoms with Crippen molar-refractivity contribution in [2.45, 2.75) is 33.3 Å². The van der Waals surface area contributed by atoms with Crippen LogP contribution in [0.2, 0.25) is 0 Å². The van der Waals surface area contributed by atoms with Crippen LogP contribution in [0.15, 0.2) is 54.9 Å². The second-order valence-corrected chi connectivity index (χ2v) is 7.37. The number of anilines is 1. The molecule has 3 rings (SSSR count). The van der Waals surface area contributed by atoms with Gasteiger partial charge in [0.05, 0.1) is 17.6 Å². The topological polar surface area (TPSA) is 86.1 Å². The second kappa shape index (κ2) is 7.64. The zero-order valence-electron chi connectivity index (χ0n) is 16.3. The van der Waals surface area contributed by atoms with Crippen molar-refractivity contribution in [3.8, 4) is 5.69 Å². The van der Waals surface area contributed by atoms with Crippen LogP contribution in [-0.4, -0.2) is 32.2 Å². The molecule has 0 unspecified atom stereocenters. The van der Waals surface area contributed by atoms with Crippen LogP contribution in [0.3, 0.4) is 0 Å². The lowest BCUT2D eigenvalue weighted by Crippen LogP contribution is -2.25. The number of esters is 1. The van der Waals surface area contributed by atoms with Crippen molar-refractivity contribution >= 4 is 17.6 Å². The van der Waals surface area contributed by atoms with Gasteiger partial charge in [-0.1, -0.05) is 18.2 Å². The van der Waals surface area contributed by atoms with Crippen LogP contribution in [0, 0.1) is 6.92 Å². The predicted molar refractivity (Wildman–Crippen MR) is 106 cm³/mol. The number of para-hydroxylation sites is 1. The Balaban J connectivity index is 1.96. The Hall–Kier alpha value is -3.48. The lowest BCUT2D eigenvalue weighted by atomic mass is 10.2. The van der Waals surface area contributed by atoms with Gasteiger partial charge in [0, 0.05) is 12.3 Å². The highest BCUT2D eigenvalue weighted by atomic mass is 16.6. The Morgan fingerprint density at radius 3 is 2.43 bits per heavy atom. The molecule has 0 radical (unpaired) electrons. The van der Waals surface area contributed by atoms with E-state index in [1.54, 1.807) is 51.4 Å². The van der Waals surface area contributed by atoms with Crippen LogP contribution < -0.4 is 5.32 Å². The molecule has 2 heterocycles. The number of amides is 1. The third-order valence-corrected chi connectivity index (χ3v) is 3.68. The number of aryl methyl sites for hydroxylation is 1. The molecule has 0 bridgehead atoms. The first-order valence-electron chi connectivity index (χ1n) is 8.85. The fourth-order valence-corrected chi connectivity index (χ4v) is 2.55. The van der Waals surface area contributed by atoms with Gasteiger partial charge in [-0.3, -0.25) is 9.78 Å². The normalized spacial score (nSPS) is 11.1. The first-order chi connectivity index (χ1) is 13.2. The molecule has 28 heavy (non-hydrogen) atoms. The summed E-state index contributed by atoms with van der Waals surface area (Å²) in [6.07, 6.45) is 3.24. The second-order valence-electron chi connectivity index (χ2n) is 7.37. The fourth-order valence-electron chi connectivity index (χ4n) is 2.55. The quantitative estimate of drug-likeness (QED) is 0.698. The number of hydrogen-bond donors (Lipinski definition) is 1. The maximum atomic E-state index is 12.7. The minimum atomic E-state index is -0.668. The molecule has 0 atom stereocenters. The summed E-state index contributed by atoms with van der Waals surface area (Å²) in [5.41, 5.74) is 1.73. The SMILES string of the molecule is Cc1cncc(NC(=O)c2cc(C(=O)OC(C)(C)C)n(-c3ccccc3)n2)c1. The van der Waals surface area contributed by atoms with E-state index in [1.807, 2.05) is 25.1 Å². The van der Waals surface area contributed by atoms with Gasteiger partial charge in [-0.15, -0.1) is 0 Å². The summed E-state index contributed by atoms with van der Waals surface area (Å²) in [4.78, 5) is 29.4. The summed E-state index contributed by atoms with van der Waals surface area (Å²) in [5, 5.41) is 7.08. The first kappa shape index (κ1) is 19.3. The van der Waals surface area contributed by atoms with Gasteiger partial charge in [0.1, 0.15) is 5.60 Å². The summed E-state index contributed by atoms with van der Waals surface area (Å²) in [7, 11) is 0. The zero-order valence-corrected chi connectivity index (χ0v) is 16.3. The Bertz CT molecular complexity index is 1000. The Morgan fingerprint density at radius 2 is 1.79 bits per heavy atom. The fraction of sp³-hybridized carbons (Fsp3) is 0.238. The molecule has 144 valence electrons. The van der Waals surface area contributed by atoms with Crippen LogP contribution >= 0.6 is 0 Å². The lowest BCUT2D eigenvalue weighted by molar-refractivity contribution is 0.00593. The molecule has 0 fully saturated rings.